The fraction of sp³-hybridized carbons (Fsp3) is 0.400. The van der Waals surface area contributed by atoms with Gasteiger partial charge < -0.3 is 10.6 Å². The number of nitrogens with zero attached hydrogens (tertiary/aromatic N) is 1. The quantitative estimate of drug-likeness (QED) is 0.865. The predicted molar refractivity (Wildman–Crippen MR) is 82.7 cm³/mol. The average molecular weight is 276 g/mol. The topological polar surface area (TPSA) is 46.3 Å². The number of rotatable bonds is 4. The number of carbonyl (C=O) groups is 1. The molecule has 0 saturated carbocycles. The van der Waals surface area contributed by atoms with Crippen LogP contribution in [0.15, 0.2) is 24.3 Å². The molecule has 0 aliphatic carbocycles. The number of benzene rings is 1. The minimum Gasteiger partial charge on any atom is -0.399 e. The summed E-state index contributed by atoms with van der Waals surface area (Å²) >= 11 is 1.53. The Morgan fingerprint density at radius 1 is 1.42 bits per heavy atom. The summed E-state index contributed by atoms with van der Waals surface area (Å²) < 4.78 is 1.11. The molecule has 3 nitrogen and oxygen atoms in total. The molecule has 2 aromatic rings. The van der Waals surface area contributed by atoms with Crippen molar-refractivity contribution in [2.45, 2.75) is 32.7 Å². The number of amides is 1. The summed E-state index contributed by atoms with van der Waals surface area (Å²) in [6.07, 6.45) is 2.11. The van der Waals surface area contributed by atoms with Gasteiger partial charge in [-0.25, -0.2) is 0 Å². The van der Waals surface area contributed by atoms with Crippen molar-refractivity contribution in [3.8, 4) is 0 Å². The molecule has 0 fully saturated rings. The zero-order valence-electron chi connectivity index (χ0n) is 11.6. The normalized spacial score (nSPS) is 12.6. The van der Waals surface area contributed by atoms with Crippen molar-refractivity contribution < 1.29 is 4.79 Å². The van der Waals surface area contributed by atoms with E-state index in [0.717, 1.165) is 33.5 Å². The van der Waals surface area contributed by atoms with Gasteiger partial charge in [0.25, 0.3) is 5.91 Å². The molecule has 2 rings (SSSR count). The summed E-state index contributed by atoms with van der Waals surface area (Å²) in [5.74, 6) is 0.0979. The number of carbonyl (C=O) groups excluding carboxylic acids is 1. The van der Waals surface area contributed by atoms with Gasteiger partial charge >= 0.3 is 0 Å². The van der Waals surface area contributed by atoms with Crippen LogP contribution >= 0.6 is 11.3 Å². The molecule has 0 bridgehead atoms. The van der Waals surface area contributed by atoms with Gasteiger partial charge in [-0.1, -0.05) is 13.3 Å². The first-order valence-electron chi connectivity index (χ1n) is 6.59. The zero-order chi connectivity index (χ0) is 14.0. The van der Waals surface area contributed by atoms with Crippen LogP contribution in [0, 0.1) is 0 Å². The second-order valence-electron chi connectivity index (χ2n) is 4.96. The SMILES string of the molecule is CCCC(C)N(C)C(=O)c1cc2cc(N)ccc2s1. The summed E-state index contributed by atoms with van der Waals surface area (Å²) in [6, 6.07) is 7.97. The third-order valence-electron chi connectivity index (χ3n) is 3.44. The van der Waals surface area contributed by atoms with Gasteiger partial charge in [-0.15, -0.1) is 11.3 Å². The lowest BCUT2D eigenvalue weighted by Gasteiger charge is -2.23. The summed E-state index contributed by atoms with van der Waals surface area (Å²) in [4.78, 5) is 15.0. The number of thiophene rings is 1. The van der Waals surface area contributed by atoms with Crippen LogP contribution < -0.4 is 5.73 Å². The maximum absolute atomic E-state index is 12.4. The van der Waals surface area contributed by atoms with Crippen molar-refractivity contribution in [1.82, 2.24) is 4.90 Å². The maximum Gasteiger partial charge on any atom is 0.263 e. The van der Waals surface area contributed by atoms with E-state index in [2.05, 4.69) is 13.8 Å². The van der Waals surface area contributed by atoms with E-state index < -0.39 is 0 Å². The molecule has 1 aromatic carbocycles. The van der Waals surface area contributed by atoms with Crippen molar-refractivity contribution in [3.63, 3.8) is 0 Å². The molecule has 1 atom stereocenters. The van der Waals surface area contributed by atoms with Gasteiger partial charge in [-0.05, 0) is 43.0 Å². The summed E-state index contributed by atoms with van der Waals surface area (Å²) in [5.41, 5.74) is 6.50. The molecule has 0 aliphatic heterocycles. The Balaban J connectivity index is 2.26. The first-order chi connectivity index (χ1) is 9.02. The van der Waals surface area contributed by atoms with Gasteiger partial charge in [0, 0.05) is 23.5 Å². The monoisotopic (exact) mass is 276 g/mol. The molecule has 1 heterocycles. The van der Waals surface area contributed by atoms with Crippen molar-refractivity contribution in [2.75, 3.05) is 12.8 Å². The third-order valence-corrected chi connectivity index (χ3v) is 4.54. The maximum atomic E-state index is 12.4. The van der Waals surface area contributed by atoms with Crippen LogP contribution in [-0.2, 0) is 0 Å². The summed E-state index contributed by atoms with van der Waals surface area (Å²) in [7, 11) is 1.88. The summed E-state index contributed by atoms with van der Waals surface area (Å²) in [6.45, 7) is 4.23. The smallest absolute Gasteiger partial charge is 0.263 e. The highest BCUT2D eigenvalue weighted by Crippen LogP contribution is 2.28. The molecule has 19 heavy (non-hydrogen) atoms. The van der Waals surface area contributed by atoms with E-state index in [4.69, 9.17) is 5.73 Å². The number of anilines is 1. The largest absolute Gasteiger partial charge is 0.399 e. The number of hydrogen-bond acceptors (Lipinski definition) is 3. The van der Waals surface area contributed by atoms with Crippen LogP contribution in [0.25, 0.3) is 10.1 Å². The number of nitrogen functional groups attached to an aromatic ring is 1. The van der Waals surface area contributed by atoms with Gasteiger partial charge in [-0.3, -0.25) is 4.79 Å². The lowest BCUT2D eigenvalue weighted by molar-refractivity contribution is 0.0742. The fourth-order valence-electron chi connectivity index (χ4n) is 2.15. The Hall–Kier alpha value is -1.55. The van der Waals surface area contributed by atoms with Crippen molar-refractivity contribution in [1.29, 1.82) is 0 Å². The molecule has 0 saturated heterocycles. The molecular weight excluding hydrogens is 256 g/mol. The molecular formula is C15H20N2OS. The molecule has 2 N–H and O–H groups in total. The highest BCUT2D eigenvalue weighted by molar-refractivity contribution is 7.20. The van der Waals surface area contributed by atoms with Crippen LogP contribution in [0.4, 0.5) is 5.69 Å². The number of hydrogen-bond donors (Lipinski definition) is 1. The van der Waals surface area contributed by atoms with E-state index in [0.29, 0.717) is 0 Å². The molecule has 1 amide bonds. The van der Waals surface area contributed by atoms with Gasteiger partial charge in [0.05, 0.1) is 4.88 Å². The van der Waals surface area contributed by atoms with Crippen LogP contribution in [-0.4, -0.2) is 23.9 Å². The van der Waals surface area contributed by atoms with Gasteiger partial charge in [0.2, 0.25) is 0 Å². The van der Waals surface area contributed by atoms with E-state index in [9.17, 15) is 4.79 Å². The minimum atomic E-state index is 0.0979. The van der Waals surface area contributed by atoms with Crippen molar-refractivity contribution >= 4 is 33.0 Å². The van der Waals surface area contributed by atoms with Crippen molar-refractivity contribution in [3.05, 3.63) is 29.1 Å². The molecule has 4 heteroatoms. The van der Waals surface area contributed by atoms with Crippen LogP contribution in [0.2, 0.25) is 0 Å². The number of nitrogens with two attached hydrogens (primary N) is 1. The van der Waals surface area contributed by atoms with E-state index in [1.807, 2.05) is 36.2 Å². The second-order valence-corrected chi connectivity index (χ2v) is 6.05. The Morgan fingerprint density at radius 3 is 2.84 bits per heavy atom. The second kappa shape index (κ2) is 5.61. The molecule has 0 radical (unpaired) electrons. The zero-order valence-corrected chi connectivity index (χ0v) is 12.5. The molecule has 0 aliphatic rings. The van der Waals surface area contributed by atoms with Gasteiger partial charge in [0.15, 0.2) is 0 Å². The first kappa shape index (κ1) is 13.9. The summed E-state index contributed by atoms with van der Waals surface area (Å²) in [5, 5.41) is 1.05. The Labute approximate surface area is 118 Å². The van der Waals surface area contributed by atoms with E-state index in [-0.39, 0.29) is 11.9 Å². The Kier molecular flexibility index (Phi) is 4.10. The molecule has 1 unspecified atom stereocenters. The van der Waals surface area contributed by atoms with Gasteiger partial charge in [0.1, 0.15) is 0 Å². The first-order valence-corrected chi connectivity index (χ1v) is 7.40. The molecule has 102 valence electrons. The lowest BCUT2D eigenvalue weighted by Crippen LogP contribution is -2.34. The standard InChI is InChI=1S/C15H20N2OS/c1-4-5-10(2)17(3)15(18)14-9-11-8-12(16)6-7-13(11)19-14/h6-10H,4-5,16H2,1-3H3. The van der Waals surface area contributed by atoms with Crippen LogP contribution in [0.1, 0.15) is 36.4 Å². The van der Waals surface area contributed by atoms with Crippen LogP contribution in [0.5, 0.6) is 0 Å². The molecule has 1 aromatic heterocycles. The minimum absolute atomic E-state index is 0.0979. The Morgan fingerprint density at radius 2 is 2.16 bits per heavy atom. The molecule has 0 spiro atoms. The third kappa shape index (κ3) is 2.89. The lowest BCUT2D eigenvalue weighted by atomic mass is 10.1. The average Bonchev–Trinajstić information content (AvgIpc) is 2.80. The van der Waals surface area contributed by atoms with Crippen LogP contribution in [0.3, 0.4) is 0 Å². The highest BCUT2D eigenvalue weighted by atomic mass is 32.1. The van der Waals surface area contributed by atoms with Gasteiger partial charge in [-0.2, -0.15) is 0 Å². The predicted octanol–water partition coefficient (Wildman–Crippen LogP) is 3.74. The highest BCUT2D eigenvalue weighted by Gasteiger charge is 2.18. The van der Waals surface area contributed by atoms with Crippen molar-refractivity contribution in [2.24, 2.45) is 0 Å². The van der Waals surface area contributed by atoms with E-state index in [1.54, 1.807) is 0 Å². The van der Waals surface area contributed by atoms with E-state index in [1.165, 1.54) is 11.3 Å². The Bertz CT molecular complexity index is 591. The van der Waals surface area contributed by atoms with E-state index >= 15 is 0 Å². The number of fused-ring (bicyclic) bond motifs is 1. The fourth-order valence-corrected chi connectivity index (χ4v) is 3.18.